The lowest BCUT2D eigenvalue weighted by Crippen LogP contribution is -2.40. The normalized spacial score (nSPS) is 25.3. The van der Waals surface area contributed by atoms with Gasteiger partial charge in [0.1, 0.15) is 12.1 Å². The second-order valence-corrected chi connectivity index (χ2v) is 7.69. The molecule has 2 aliphatic rings. The summed E-state index contributed by atoms with van der Waals surface area (Å²) in [6.07, 6.45) is 0. The van der Waals surface area contributed by atoms with Gasteiger partial charge in [-0.15, -0.1) is 0 Å². The van der Waals surface area contributed by atoms with Gasteiger partial charge in [-0.3, -0.25) is 9.59 Å². The molecule has 0 amide bonds. The van der Waals surface area contributed by atoms with Crippen LogP contribution in [0.2, 0.25) is 0 Å². The fraction of sp³-hybridized carbons (Fsp3) is 0.333. The van der Waals surface area contributed by atoms with Crippen molar-refractivity contribution >= 4 is 11.9 Å². The Bertz CT molecular complexity index is 874. The Balaban J connectivity index is 1.56. The molecule has 0 bridgehead atoms. The van der Waals surface area contributed by atoms with Gasteiger partial charge >= 0.3 is 11.9 Å². The molecule has 2 aromatic rings. The Morgan fingerprint density at radius 1 is 1.04 bits per heavy atom. The maximum atomic E-state index is 12.6. The van der Waals surface area contributed by atoms with E-state index < -0.39 is 28.8 Å². The second kappa shape index (κ2) is 5.42. The quantitative estimate of drug-likeness (QED) is 0.827. The van der Waals surface area contributed by atoms with Gasteiger partial charge < -0.3 is 15.6 Å². The lowest BCUT2D eigenvalue weighted by molar-refractivity contribution is -0.149. The standard InChI is InChI=1S/C21H21NO4/c1-20(2)17(21(20,22)19(24)25)18(23)26-11-16-14-9-5-3-7-12(14)13-8-4-6-10-15(13)16/h3-10,16-17H,11,22H2,1-2H3,(H,24,25)/t17?,21-/m0/s1. The van der Waals surface area contributed by atoms with Crippen LogP contribution >= 0.6 is 0 Å². The molecule has 1 fully saturated rings. The number of ether oxygens (including phenoxy) is 1. The molecule has 0 aromatic heterocycles. The first kappa shape index (κ1) is 16.8. The van der Waals surface area contributed by atoms with Crippen LogP contribution in [-0.4, -0.2) is 29.2 Å². The van der Waals surface area contributed by atoms with Crippen LogP contribution in [0.25, 0.3) is 11.1 Å². The lowest BCUT2D eigenvalue weighted by atomic mass is 9.98. The van der Waals surface area contributed by atoms with Gasteiger partial charge in [-0.2, -0.15) is 0 Å². The molecule has 0 radical (unpaired) electrons. The molecule has 5 heteroatoms. The van der Waals surface area contributed by atoms with E-state index in [1.807, 2.05) is 36.4 Å². The first-order valence-electron chi connectivity index (χ1n) is 8.67. The van der Waals surface area contributed by atoms with Crippen LogP contribution in [0.15, 0.2) is 48.5 Å². The molecule has 3 N–H and O–H groups in total. The predicted molar refractivity (Wildman–Crippen MR) is 96.5 cm³/mol. The number of nitrogens with two attached hydrogens (primary N) is 1. The van der Waals surface area contributed by atoms with Crippen LogP contribution < -0.4 is 5.73 Å². The molecule has 0 heterocycles. The number of aliphatic carboxylic acids is 1. The number of carboxylic acids is 1. The van der Waals surface area contributed by atoms with E-state index in [1.165, 1.54) is 0 Å². The number of carboxylic acid groups (broad SMARTS) is 1. The van der Waals surface area contributed by atoms with Crippen LogP contribution in [0.5, 0.6) is 0 Å². The van der Waals surface area contributed by atoms with Gasteiger partial charge in [-0.25, -0.2) is 0 Å². The van der Waals surface area contributed by atoms with Crippen molar-refractivity contribution in [3.05, 3.63) is 59.7 Å². The van der Waals surface area contributed by atoms with Crippen molar-refractivity contribution in [3.63, 3.8) is 0 Å². The Hall–Kier alpha value is -2.66. The highest BCUT2D eigenvalue weighted by molar-refractivity contribution is 5.96. The lowest BCUT2D eigenvalue weighted by Gasteiger charge is -2.14. The third kappa shape index (κ3) is 2.07. The molecule has 0 aliphatic heterocycles. The highest BCUT2D eigenvalue weighted by atomic mass is 16.5. The van der Waals surface area contributed by atoms with E-state index in [1.54, 1.807) is 13.8 Å². The monoisotopic (exact) mass is 351 g/mol. The number of rotatable bonds is 4. The summed E-state index contributed by atoms with van der Waals surface area (Å²) in [5, 5.41) is 9.37. The van der Waals surface area contributed by atoms with Crippen molar-refractivity contribution < 1.29 is 19.4 Å². The number of hydrogen-bond donors (Lipinski definition) is 2. The zero-order chi connectivity index (χ0) is 18.7. The maximum Gasteiger partial charge on any atom is 0.325 e. The van der Waals surface area contributed by atoms with Gasteiger partial charge in [-0.05, 0) is 22.3 Å². The largest absolute Gasteiger partial charge is 0.480 e. The summed E-state index contributed by atoms with van der Waals surface area (Å²) >= 11 is 0. The summed E-state index contributed by atoms with van der Waals surface area (Å²) in [6.45, 7) is 3.55. The molecule has 2 atom stereocenters. The van der Waals surface area contributed by atoms with Crippen molar-refractivity contribution in [1.29, 1.82) is 0 Å². The molecule has 2 aliphatic carbocycles. The number of esters is 1. The smallest absolute Gasteiger partial charge is 0.325 e. The van der Waals surface area contributed by atoms with Gasteiger partial charge in [0.15, 0.2) is 0 Å². The van der Waals surface area contributed by atoms with Crippen LogP contribution in [0.1, 0.15) is 30.9 Å². The average molecular weight is 351 g/mol. The van der Waals surface area contributed by atoms with Crippen molar-refractivity contribution in [1.82, 2.24) is 0 Å². The minimum absolute atomic E-state index is 0.0507. The first-order valence-corrected chi connectivity index (χ1v) is 8.67. The van der Waals surface area contributed by atoms with Gasteiger partial charge in [0.05, 0.1) is 5.92 Å². The van der Waals surface area contributed by atoms with Crippen LogP contribution in [0.3, 0.4) is 0 Å². The summed E-state index contributed by atoms with van der Waals surface area (Å²) in [4.78, 5) is 24.0. The second-order valence-electron chi connectivity index (χ2n) is 7.69. The van der Waals surface area contributed by atoms with Gasteiger partial charge in [-0.1, -0.05) is 62.4 Å². The van der Waals surface area contributed by atoms with Crippen molar-refractivity contribution in [2.75, 3.05) is 6.61 Å². The number of carbonyl (C=O) groups is 2. The van der Waals surface area contributed by atoms with E-state index in [0.29, 0.717) is 0 Å². The molecule has 0 saturated heterocycles. The van der Waals surface area contributed by atoms with E-state index in [-0.39, 0.29) is 12.5 Å². The highest BCUT2D eigenvalue weighted by Crippen LogP contribution is 2.60. The highest BCUT2D eigenvalue weighted by Gasteiger charge is 2.78. The summed E-state index contributed by atoms with van der Waals surface area (Å²) in [7, 11) is 0. The Morgan fingerprint density at radius 3 is 2.00 bits per heavy atom. The van der Waals surface area contributed by atoms with E-state index in [9.17, 15) is 14.7 Å². The molecular formula is C21H21NO4. The van der Waals surface area contributed by atoms with E-state index in [0.717, 1.165) is 22.3 Å². The van der Waals surface area contributed by atoms with Crippen molar-refractivity contribution in [2.24, 2.45) is 17.1 Å². The minimum atomic E-state index is -1.56. The predicted octanol–water partition coefficient (Wildman–Crippen LogP) is 2.78. The third-order valence-electron chi connectivity index (χ3n) is 6.10. The van der Waals surface area contributed by atoms with Gasteiger partial charge in [0, 0.05) is 11.3 Å². The first-order chi connectivity index (χ1) is 12.3. The van der Waals surface area contributed by atoms with Gasteiger partial charge in [0.25, 0.3) is 0 Å². The molecule has 134 valence electrons. The van der Waals surface area contributed by atoms with E-state index >= 15 is 0 Å². The van der Waals surface area contributed by atoms with Crippen LogP contribution in [-0.2, 0) is 14.3 Å². The molecule has 1 saturated carbocycles. The minimum Gasteiger partial charge on any atom is -0.480 e. The molecule has 26 heavy (non-hydrogen) atoms. The third-order valence-corrected chi connectivity index (χ3v) is 6.10. The van der Waals surface area contributed by atoms with Crippen LogP contribution in [0, 0.1) is 11.3 Å². The fourth-order valence-corrected chi connectivity index (χ4v) is 4.36. The van der Waals surface area contributed by atoms with E-state index in [4.69, 9.17) is 10.5 Å². The Labute approximate surface area is 151 Å². The molecular weight excluding hydrogens is 330 g/mol. The van der Waals surface area contributed by atoms with Gasteiger partial charge in [0.2, 0.25) is 0 Å². The van der Waals surface area contributed by atoms with E-state index in [2.05, 4.69) is 12.1 Å². The molecule has 0 spiro atoms. The topological polar surface area (TPSA) is 89.6 Å². The summed E-state index contributed by atoms with van der Waals surface area (Å²) in [5.74, 6) is -2.59. The average Bonchev–Trinajstić information content (AvgIpc) is 2.94. The zero-order valence-corrected chi connectivity index (χ0v) is 14.7. The van der Waals surface area contributed by atoms with Crippen LogP contribution in [0.4, 0.5) is 0 Å². The Kier molecular flexibility index (Phi) is 3.50. The maximum absolute atomic E-state index is 12.6. The van der Waals surface area contributed by atoms with Crippen molar-refractivity contribution in [2.45, 2.75) is 25.3 Å². The fourth-order valence-electron chi connectivity index (χ4n) is 4.36. The molecule has 5 nitrogen and oxygen atoms in total. The molecule has 1 unspecified atom stereocenters. The summed E-state index contributed by atoms with van der Waals surface area (Å²) in [6, 6.07) is 16.1. The molecule has 2 aromatic carbocycles. The SMILES string of the molecule is CC1(C)C(C(=O)OCC2c3ccccc3-c3ccccc32)[C@]1(N)C(=O)O. The number of carbonyl (C=O) groups excluding carboxylic acids is 1. The summed E-state index contributed by atoms with van der Waals surface area (Å²) < 4.78 is 5.56. The summed E-state index contributed by atoms with van der Waals surface area (Å²) in [5.41, 5.74) is 8.10. The zero-order valence-electron chi connectivity index (χ0n) is 14.7. The van der Waals surface area contributed by atoms with Crippen molar-refractivity contribution in [3.8, 4) is 11.1 Å². The molecule has 4 rings (SSSR count). The number of hydrogen-bond acceptors (Lipinski definition) is 4. The number of fused-ring (bicyclic) bond motifs is 3. The Morgan fingerprint density at radius 2 is 1.54 bits per heavy atom. The number of benzene rings is 2.